The van der Waals surface area contributed by atoms with Crippen LogP contribution in [0.3, 0.4) is 0 Å². The van der Waals surface area contributed by atoms with E-state index >= 15 is 0 Å². The maximum Gasteiger partial charge on any atom is 0.330 e. The molecular weight excluding hydrogens is 284 g/mol. The Morgan fingerprint density at radius 3 is 2.74 bits per heavy atom. The number of halogens is 4. The minimum Gasteiger partial charge on any atom is -0.368 e. The molecule has 0 aliphatic carbocycles. The van der Waals surface area contributed by atoms with Crippen LogP contribution < -0.4 is 5.32 Å². The lowest BCUT2D eigenvalue weighted by molar-refractivity contribution is -0.168. The largest absolute Gasteiger partial charge is 0.368 e. The normalized spacial score (nSPS) is 14.1. The summed E-state index contributed by atoms with van der Waals surface area (Å²) in [6.07, 6.45) is -3.71. The van der Waals surface area contributed by atoms with Gasteiger partial charge in [-0.05, 0) is 13.5 Å². The van der Waals surface area contributed by atoms with Gasteiger partial charge in [0.2, 0.25) is 0 Å². The van der Waals surface area contributed by atoms with Crippen LogP contribution in [0.15, 0.2) is 5.38 Å². The highest BCUT2D eigenvalue weighted by Gasteiger charge is 2.40. The van der Waals surface area contributed by atoms with E-state index in [1.54, 1.807) is 5.38 Å². The Labute approximate surface area is 113 Å². The van der Waals surface area contributed by atoms with Crippen molar-refractivity contribution < 1.29 is 22.3 Å². The Bertz CT molecular complexity index is 387. The van der Waals surface area contributed by atoms with Gasteiger partial charge in [0, 0.05) is 11.4 Å². The third-order valence-electron chi connectivity index (χ3n) is 2.36. The van der Waals surface area contributed by atoms with Crippen molar-refractivity contribution in [1.29, 1.82) is 0 Å². The zero-order valence-electron chi connectivity index (χ0n) is 10.6. The van der Waals surface area contributed by atoms with E-state index < -0.39 is 19.0 Å². The third kappa shape index (κ3) is 5.04. The van der Waals surface area contributed by atoms with Crippen LogP contribution in [0.1, 0.15) is 30.6 Å². The van der Waals surface area contributed by atoms with Crippen LogP contribution in [0, 0.1) is 0 Å². The zero-order chi connectivity index (χ0) is 14.5. The molecule has 1 aromatic heterocycles. The van der Waals surface area contributed by atoms with Gasteiger partial charge in [-0.25, -0.2) is 13.8 Å². The maximum atomic E-state index is 12.6. The summed E-state index contributed by atoms with van der Waals surface area (Å²) in [5, 5.41) is 5.43. The summed E-state index contributed by atoms with van der Waals surface area (Å²) in [5.74, 6) is -4.11. The second-order valence-corrected chi connectivity index (χ2v) is 4.94. The summed E-state index contributed by atoms with van der Waals surface area (Å²) in [6.45, 7) is 3.17. The van der Waals surface area contributed by atoms with Crippen molar-refractivity contribution in [2.45, 2.75) is 38.8 Å². The van der Waals surface area contributed by atoms with Crippen molar-refractivity contribution in [2.75, 3.05) is 13.2 Å². The van der Waals surface area contributed by atoms with E-state index in [0.29, 0.717) is 5.01 Å². The minimum atomic E-state index is -4.11. The molecule has 0 spiro atoms. The molecule has 1 heterocycles. The number of hydrogen-bond donors (Lipinski definition) is 1. The number of nitrogens with zero attached hydrogens (tertiary/aromatic N) is 1. The number of nitrogens with one attached hydrogen (secondary N) is 1. The van der Waals surface area contributed by atoms with Gasteiger partial charge >= 0.3 is 12.3 Å². The first kappa shape index (κ1) is 16.3. The molecule has 0 saturated carbocycles. The van der Waals surface area contributed by atoms with Crippen molar-refractivity contribution in [1.82, 2.24) is 10.3 Å². The number of thiazole rings is 1. The highest BCUT2D eigenvalue weighted by atomic mass is 32.1. The Balaban J connectivity index is 2.42. The molecule has 0 radical (unpaired) electrons. The number of ether oxygens (including phenoxy) is 1. The second kappa shape index (κ2) is 7.16. The average molecular weight is 300 g/mol. The molecule has 0 aromatic carbocycles. The summed E-state index contributed by atoms with van der Waals surface area (Å²) in [4.78, 5) is 4.19. The van der Waals surface area contributed by atoms with Crippen molar-refractivity contribution >= 4 is 11.3 Å². The quantitative estimate of drug-likeness (QED) is 0.748. The predicted molar refractivity (Wildman–Crippen MR) is 64.8 cm³/mol. The highest BCUT2D eigenvalue weighted by Crippen LogP contribution is 2.24. The molecule has 0 aliphatic heterocycles. The van der Waals surface area contributed by atoms with E-state index in [1.807, 2.05) is 13.8 Å². The van der Waals surface area contributed by atoms with Gasteiger partial charge in [-0.15, -0.1) is 11.3 Å². The first-order valence-electron chi connectivity index (χ1n) is 5.78. The van der Waals surface area contributed by atoms with E-state index in [2.05, 4.69) is 15.0 Å². The molecule has 19 heavy (non-hydrogen) atoms. The zero-order valence-corrected chi connectivity index (χ0v) is 11.4. The van der Waals surface area contributed by atoms with E-state index in [9.17, 15) is 17.6 Å². The number of rotatable bonds is 8. The monoisotopic (exact) mass is 300 g/mol. The Morgan fingerprint density at radius 1 is 1.47 bits per heavy atom. The predicted octanol–water partition coefficient (Wildman–Crippen LogP) is 3.23. The van der Waals surface area contributed by atoms with Crippen LogP contribution in [0.25, 0.3) is 0 Å². The molecule has 0 fully saturated rings. The first-order valence-corrected chi connectivity index (χ1v) is 6.66. The van der Waals surface area contributed by atoms with Gasteiger partial charge in [-0.3, -0.25) is 0 Å². The van der Waals surface area contributed by atoms with Crippen molar-refractivity contribution in [3.8, 4) is 0 Å². The van der Waals surface area contributed by atoms with Gasteiger partial charge in [0.15, 0.2) is 0 Å². The van der Waals surface area contributed by atoms with Crippen LogP contribution in [-0.4, -0.2) is 30.5 Å². The topological polar surface area (TPSA) is 34.1 Å². The molecule has 1 N–H and O–H groups in total. The average Bonchev–Trinajstić information content (AvgIpc) is 2.77. The lowest BCUT2D eigenvalue weighted by Crippen LogP contribution is -2.32. The van der Waals surface area contributed by atoms with Crippen LogP contribution in [0.4, 0.5) is 17.6 Å². The Kier molecular flexibility index (Phi) is 6.15. The van der Waals surface area contributed by atoms with E-state index in [4.69, 9.17) is 0 Å². The molecule has 1 atom stereocenters. The molecule has 0 bridgehead atoms. The molecule has 1 aromatic rings. The SMILES string of the molecule is CCNC(C)c1csc(COCC(F)(F)C(F)F)n1. The molecule has 110 valence electrons. The standard InChI is InChI=1S/C11H16F4N2OS/c1-3-16-7(2)8-5-19-9(17-8)4-18-6-11(14,15)10(12)13/h5,7,10,16H,3-4,6H2,1-2H3. The Hall–Kier alpha value is -0.730. The fourth-order valence-electron chi connectivity index (χ4n) is 1.34. The fraction of sp³-hybridized carbons (Fsp3) is 0.727. The van der Waals surface area contributed by atoms with Crippen LogP contribution in [-0.2, 0) is 11.3 Å². The van der Waals surface area contributed by atoms with Crippen LogP contribution in [0.5, 0.6) is 0 Å². The Morgan fingerprint density at radius 2 is 2.16 bits per heavy atom. The van der Waals surface area contributed by atoms with Gasteiger partial charge in [0.05, 0.1) is 12.3 Å². The van der Waals surface area contributed by atoms with Gasteiger partial charge in [-0.2, -0.15) is 8.78 Å². The maximum absolute atomic E-state index is 12.6. The molecular formula is C11H16F4N2OS. The summed E-state index contributed by atoms with van der Waals surface area (Å²) < 4.78 is 53.5. The molecule has 0 aliphatic rings. The number of alkyl halides is 4. The van der Waals surface area contributed by atoms with Crippen molar-refractivity contribution in [3.05, 3.63) is 16.1 Å². The lowest BCUT2D eigenvalue weighted by Gasteiger charge is -2.14. The summed E-state index contributed by atoms with van der Waals surface area (Å²) >= 11 is 1.25. The van der Waals surface area contributed by atoms with Gasteiger partial charge in [-0.1, -0.05) is 6.92 Å². The van der Waals surface area contributed by atoms with E-state index in [0.717, 1.165) is 12.2 Å². The summed E-state index contributed by atoms with van der Waals surface area (Å²) in [6, 6.07) is 0.0532. The summed E-state index contributed by atoms with van der Waals surface area (Å²) in [5.41, 5.74) is 0.783. The smallest absolute Gasteiger partial charge is 0.330 e. The molecule has 0 amide bonds. The van der Waals surface area contributed by atoms with Gasteiger partial charge in [0.25, 0.3) is 0 Å². The van der Waals surface area contributed by atoms with E-state index in [1.165, 1.54) is 11.3 Å². The van der Waals surface area contributed by atoms with Crippen LogP contribution in [0.2, 0.25) is 0 Å². The van der Waals surface area contributed by atoms with Crippen molar-refractivity contribution in [2.24, 2.45) is 0 Å². The lowest BCUT2D eigenvalue weighted by atomic mass is 10.2. The molecule has 8 heteroatoms. The number of aromatic nitrogens is 1. The molecule has 1 unspecified atom stereocenters. The minimum absolute atomic E-state index is 0.0532. The first-order chi connectivity index (χ1) is 8.86. The fourth-order valence-corrected chi connectivity index (χ4v) is 2.16. The van der Waals surface area contributed by atoms with Gasteiger partial charge < -0.3 is 10.1 Å². The molecule has 0 saturated heterocycles. The highest BCUT2D eigenvalue weighted by molar-refractivity contribution is 7.09. The van der Waals surface area contributed by atoms with Crippen molar-refractivity contribution in [3.63, 3.8) is 0 Å². The number of hydrogen-bond acceptors (Lipinski definition) is 4. The third-order valence-corrected chi connectivity index (χ3v) is 3.20. The van der Waals surface area contributed by atoms with Gasteiger partial charge in [0.1, 0.15) is 11.6 Å². The summed E-state index contributed by atoms with van der Waals surface area (Å²) in [7, 11) is 0. The van der Waals surface area contributed by atoms with E-state index in [-0.39, 0.29) is 12.6 Å². The second-order valence-electron chi connectivity index (χ2n) is 4.00. The molecule has 3 nitrogen and oxygen atoms in total. The van der Waals surface area contributed by atoms with Crippen LogP contribution >= 0.6 is 11.3 Å². The molecule has 1 rings (SSSR count).